The first-order chi connectivity index (χ1) is 14.4. The molecule has 156 valence electrons. The molecule has 1 saturated heterocycles. The summed E-state index contributed by atoms with van der Waals surface area (Å²) in [4.78, 5) is 42.1. The van der Waals surface area contributed by atoms with Gasteiger partial charge in [-0.1, -0.05) is 12.6 Å². The third kappa shape index (κ3) is 5.29. The molecule has 3 rings (SSSR count). The first-order valence-corrected chi connectivity index (χ1v) is 10.1. The Morgan fingerprint density at radius 1 is 1.23 bits per heavy atom. The number of carbonyl (C=O) groups excluding carboxylic acids is 3. The van der Waals surface area contributed by atoms with Crippen molar-refractivity contribution >= 4 is 45.0 Å². The molecule has 0 spiro atoms. The average molecular weight is 475 g/mol. The first-order valence-electron chi connectivity index (χ1n) is 9.33. The van der Waals surface area contributed by atoms with Gasteiger partial charge in [-0.3, -0.25) is 14.4 Å². The molecule has 30 heavy (non-hydrogen) atoms. The quantitative estimate of drug-likeness (QED) is 0.511. The molecule has 1 aliphatic heterocycles. The fraction of sp³-hybridized carbons (Fsp3) is 0.238. The van der Waals surface area contributed by atoms with Crippen LogP contribution < -0.4 is 10.6 Å². The number of anilines is 2. The van der Waals surface area contributed by atoms with Crippen LogP contribution >= 0.6 is 15.9 Å². The van der Waals surface area contributed by atoms with Crippen LogP contribution in [0.4, 0.5) is 15.8 Å². The second kappa shape index (κ2) is 9.62. The smallest absolute Gasteiger partial charge is 0.274 e. The number of nitrogens with zero attached hydrogens (tertiary/aromatic N) is 2. The van der Waals surface area contributed by atoms with Crippen molar-refractivity contribution in [2.75, 3.05) is 23.7 Å². The van der Waals surface area contributed by atoms with Crippen molar-refractivity contribution in [2.24, 2.45) is 5.92 Å². The van der Waals surface area contributed by atoms with E-state index in [0.29, 0.717) is 24.0 Å². The third-order valence-corrected chi connectivity index (χ3v) is 5.15. The maximum atomic E-state index is 14.5. The van der Waals surface area contributed by atoms with Gasteiger partial charge in [-0.2, -0.15) is 0 Å². The predicted octanol–water partition coefficient (Wildman–Crippen LogP) is 3.60. The van der Waals surface area contributed by atoms with Gasteiger partial charge in [0.05, 0.1) is 11.6 Å². The van der Waals surface area contributed by atoms with E-state index in [4.69, 9.17) is 0 Å². The molecule has 0 aliphatic carbocycles. The number of halogens is 2. The molecule has 0 bridgehead atoms. The van der Waals surface area contributed by atoms with Crippen molar-refractivity contribution in [3.05, 3.63) is 65.2 Å². The molecule has 2 N–H and O–H groups in total. The minimum absolute atomic E-state index is 0.00532. The number of likely N-dealkylation sites (tertiary alicyclic amines) is 1. The standard InChI is InChI=1S/C21H20BrFN4O3/c1-2-19(28)27-10-4-5-13(12-27)20(29)26-16-9-8-14(11-15(16)23)24-21(30)17-6-3-7-18(22)25-17/h2-3,6-9,11,13H,1,4-5,10,12H2,(H,24,30)(H,26,29). The second-order valence-electron chi connectivity index (χ2n) is 6.81. The molecule has 1 aliphatic rings. The van der Waals surface area contributed by atoms with Gasteiger partial charge in [0.25, 0.3) is 5.91 Å². The van der Waals surface area contributed by atoms with Crippen LogP contribution in [0, 0.1) is 11.7 Å². The summed E-state index contributed by atoms with van der Waals surface area (Å²) < 4.78 is 15.0. The minimum atomic E-state index is -0.682. The van der Waals surface area contributed by atoms with E-state index in [0.717, 1.165) is 6.07 Å². The Morgan fingerprint density at radius 2 is 2.03 bits per heavy atom. The average Bonchev–Trinajstić information content (AvgIpc) is 2.75. The molecule has 1 fully saturated rings. The fourth-order valence-corrected chi connectivity index (χ4v) is 3.52. The highest BCUT2D eigenvalue weighted by Gasteiger charge is 2.28. The highest BCUT2D eigenvalue weighted by Crippen LogP contribution is 2.23. The van der Waals surface area contributed by atoms with Crippen molar-refractivity contribution in [3.63, 3.8) is 0 Å². The predicted molar refractivity (Wildman–Crippen MR) is 114 cm³/mol. The van der Waals surface area contributed by atoms with E-state index >= 15 is 0 Å². The van der Waals surface area contributed by atoms with Crippen molar-refractivity contribution in [3.8, 4) is 0 Å². The molecule has 0 radical (unpaired) electrons. The minimum Gasteiger partial charge on any atom is -0.338 e. The van der Waals surface area contributed by atoms with Crippen LogP contribution in [0.15, 0.2) is 53.7 Å². The Morgan fingerprint density at radius 3 is 2.73 bits per heavy atom. The van der Waals surface area contributed by atoms with Crippen LogP contribution in [0.3, 0.4) is 0 Å². The Hall–Kier alpha value is -3.07. The van der Waals surface area contributed by atoms with Gasteiger partial charge in [-0.25, -0.2) is 9.37 Å². The van der Waals surface area contributed by atoms with Crippen LogP contribution in [-0.4, -0.2) is 40.7 Å². The van der Waals surface area contributed by atoms with Crippen LogP contribution in [0.1, 0.15) is 23.3 Å². The summed E-state index contributed by atoms with van der Waals surface area (Å²) in [6.45, 7) is 4.30. The van der Waals surface area contributed by atoms with Crippen molar-refractivity contribution in [2.45, 2.75) is 12.8 Å². The number of carbonyl (C=O) groups is 3. The van der Waals surface area contributed by atoms with E-state index in [1.54, 1.807) is 17.0 Å². The summed E-state index contributed by atoms with van der Waals surface area (Å²) in [7, 11) is 0. The SMILES string of the molecule is C=CC(=O)N1CCCC(C(=O)Nc2ccc(NC(=O)c3cccc(Br)n3)cc2F)C1. The number of pyridine rings is 1. The molecule has 2 heterocycles. The molecular weight excluding hydrogens is 455 g/mol. The number of aromatic nitrogens is 1. The van der Waals surface area contributed by atoms with Gasteiger partial charge in [0.1, 0.15) is 16.1 Å². The third-order valence-electron chi connectivity index (χ3n) is 4.71. The zero-order valence-corrected chi connectivity index (χ0v) is 17.6. The van der Waals surface area contributed by atoms with E-state index in [2.05, 4.69) is 38.1 Å². The highest BCUT2D eigenvalue weighted by atomic mass is 79.9. The van der Waals surface area contributed by atoms with E-state index in [-0.39, 0.29) is 35.4 Å². The molecule has 9 heteroatoms. The zero-order chi connectivity index (χ0) is 21.7. The molecule has 1 aromatic heterocycles. The lowest BCUT2D eigenvalue weighted by Gasteiger charge is -2.31. The fourth-order valence-electron chi connectivity index (χ4n) is 3.18. The lowest BCUT2D eigenvalue weighted by Crippen LogP contribution is -2.43. The normalized spacial score (nSPS) is 15.9. The molecule has 1 atom stereocenters. The topological polar surface area (TPSA) is 91.4 Å². The Labute approximate surface area is 181 Å². The number of hydrogen-bond donors (Lipinski definition) is 2. The van der Waals surface area contributed by atoms with Crippen LogP contribution in [0.2, 0.25) is 0 Å². The van der Waals surface area contributed by atoms with Crippen LogP contribution in [0.25, 0.3) is 0 Å². The number of hydrogen-bond acceptors (Lipinski definition) is 4. The molecule has 0 saturated carbocycles. The second-order valence-corrected chi connectivity index (χ2v) is 7.62. The molecule has 7 nitrogen and oxygen atoms in total. The number of benzene rings is 1. The Kier molecular flexibility index (Phi) is 6.94. The molecule has 1 unspecified atom stereocenters. The number of amides is 3. The van der Waals surface area contributed by atoms with E-state index in [9.17, 15) is 18.8 Å². The first kappa shape index (κ1) is 21.6. The van der Waals surface area contributed by atoms with Crippen LogP contribution in [0.5, 0.6) is 0 Å². The van der Waals surface area contributed by atoms with E-state index in [1.165, 1.54) is 24.3 Å². The molecule has 1 aromatic carbocycles. The van der Waals surface area contributed by atoms with Crippen LogP contribution in [-0.2, 0) is 9.59 Å². The van der Waals surface area contributed by atoms with Gasteiger partial charge >= 0.3 is 0 Å². The van der Waals surface area contributed by atoms with E-state index in [1.807, 2.05) is 0 Å². The van der Waals surface area contributed by atoms with Crippen molar-refractivity contribution in [1.82, 2.24) is 9.88 Å². The highest BCUT2D eigenvalue weighted by molar-refractivity contribution is 9.10. The van der Waals surface area contributed by atoms with Gasteiger partial charge in [0.2, 0.25) is 11.8 Å². The van der Waals surface area contributed by atoms with E-state index < -0.39 is 17.6 Å². The Bertz CT molecular complexity index is 998. The number of nitrogens with one attached hydrogen (secondary N) is 2. The van der Waals surface area contributed by atoms with Crippen molar-refractivity contribution < 1.29 is 18.8 Å². The summed E-state index contributed by atoms with van der Waals surface area (Å²) in [6, 6.07) is 8.89. The monoisotopic (exact) mass is 474 g/mol. The summed E-state index contributed by atoms with van der Waals surface area (Å²) in [6.07, 6.45) is 2.52. The zero-order valence-electron chi connectivity index (χ0n) is 16.0. The maximum absolute atomic E-state index is 14.5. The van der Waals surface area contributed by atoms with Gasteiger partial charge in [0.15, 0.2) is 0 Å². The van der Waals surface area contributed by atoms with Crippen molar-refractivity contribution in [1.29, 1.82) is 0 Å². The largest absolute Gasteiger partial charge is 0.338 e. The molecule has 3 amide bonds. The van der Waals surface area contributed by atoms with Gasteiger partial charge in [-0.15, -0.1) is 0 Å². The summed E-state index contributed by atoms with van der Waals surface area (Å²) >= 11 is 3.19. The molecule has 2 aromatic rings. The van der Waals surface area contributed by atoms with Gasteiger partial charge in [0, 0.05) is 18.8 Å². The van der Waals surface area contributed by atoms with Gasteiger partial charge in [-0.05, 0) is 65.2 Å². The lowest BCUT2D eigenvalue weighted by molar-refractivity contribution is -0.130. The lowest BCUT2D eigenvalue weighted by atomic mass is 9.97. The maximum Gasteiger partial charge on any atom is 0.274 e. The molecular formula is C21H20BrFN4O3. The number of piperidine rings is 1. The summed E-state index contributed by atoms with van der Waals surface area (Å²) in [5, 5.41) is 5.13. The summed E-state index contributed by atoms with van der Waals surface area (Å²) in [5.41, 5.74) is 0.418. The Balaban J connectivity index is 1.63. The summed E-state index contributed by atoms with van der Waals surface area (Å²) in [5.74, 6) is -2.17. The number of rotatable bonds is 5. The van der Waals surface area contributed by atoms with Gasteiger partial charge < -0.3 is 15.5 Å².